The molecule has 0 unspecified atom stereocenters. The van der Waals surface area contributed by atoms with E-state index in [1.54, 1.807) is 7.11 Å². The minimum absolute atomic E-state index is 0.357. The standard InChI is InChI=1S/C20H28N2O2/c1-13-7-8-14(2)17(15(13)3)18-16(4)21(5)20(19(18)23)9-11-22(24-6)12-10-20/h7-8,23H,4,9-12H2,1-3,5-6H3. The summed E-state index contributed by atoms with van der Waals surface area (Å²) >= 11 is 0. The first-order valence-electron chi connectivity index (χ1n) is 8.56. The van der Waals surface area contributed by atoms with Gasteiger partial charge in [0.15, 0.2) is 0 Å². The zero-order valence-electron chi connectivity index (χ0n) is 15.4. The third-order valence-corrected chi connectivity index (χ3v) is 6.02. The number of aliphatic hydroxyl groups is 1. The Balaban J connectivity index is 2.12. The van der Waals surface area contributed by atoms with Crippen molar-refractivity contribution in [1.29, 1.82) is 0 Å². The number of hydrogen-bond donors (Lipinski definition) is 1. The second-order valence-corrected chi connectivity index (χ2v) is 7.07. The molecule has 2 aliphatic heterocycles. The van der Waals surface area contributed by atoms with Gasteiger partial charge in [0.1, 0.15) is 11.3 Å². The maximum atomic E-state index is 11.3. The number of benzene rings is 1. The van der Waals surface area contributed by atoms with Gasteiger partial charge in [-0.05, 0) is 55.9 Å². The number of likely N-dealkylation sites (N-methyl/N-ethyl adjacent to an activating group) is 1. The predicted octanol–water partition coefficient (Wildman–Crippen LogP) is 3.74. The molecule has 4 heteroatoms. The molecule has 1 spiro atoms. The van der Waals surface area contributed by atoms with Crippen molar-refractivity contribution in [1.82, 2.24) is 9.96 Å². The zero-order chi connectivity index (χ0) is 17.6. The third-order valence-electron chi connectivity index (χ3n) is 6.02. The molecule has 24 heavy (non-hydrogen) atoms. The summed E-state index contributed by atoms with van der Waals surface area (Å²) in [4.78, 5) is 7.52. The van der Waals surface area contributed by atoms with E-state index in [2.05, 4.69) is 51.4 Å². The molecule has 1 saturated heterocycles. The highest BCUT2D eigenvalue weighted by Gasteiger charge is 2.49. The van der Waals surface area contributed by atoms with Crippen LogP contribution in [0, 0.1) is 20.8 Å². The van der Waals surface area contributed by atoms with Crippen LogP contribution in [0.1, 0.15) is 35.1 Å². The van der Waals surface area contributed by atoms with E-state index in [1.807, 2.05) is 5.06 Å². The Morgan fingerprint density at radius 1 is 1.12 bits per heavy atom. The minimum atomic E-state index is -0.357. The summed E-state index contributed by atoms with van der Waals surface area (Å²) in [5.74, 6) is 0.475. The average Bonchev–Trinajstić information content (AvgIpc) is 2.75. The minimum Gasteiger partial charge on any atom is -0.509 e. The highest BCUT2D eigenvalue weighted by molar-refractivity contribution is 5.86. The molecular formula is C20H28N2O2. The Bertz CT molecular complexity index is 713. The topological polar surface area (TPSA) is 35.9 Å². The van der Waals surface area contributed by atoms with Gasteiger partial charge in [0.05, 0.1) is 7.11 Å². The smallest absolute Gasteiger partial charge is 0.128 e. The van der Waals surface area contributed by atoms with E-state index in [0.29, 0.717) is 5.76 Å². The van der Waals surface area contributed by atoms with Crippen molar-refractivity contribution in [2.75, 3.05) is 27.2 Å². The summed E-state index contributed by atoms with van der Waals surface area (Å²) in [6.07, 6.45) is 1.66. The number of nitrogens with zero attached hydrogens (tertiary/aromatic N) is 2. The van der Waals surface area contributed by atoms with Crippen LogP contribution in [-0.4, -0.2) is 47.9 Å². The van der Waals surface area contributed by atoms with E-state index in [0.717, 1.165) is 42.8 Å². The van der Waals surface area contributed by atoms with Crippen molar-refractivity contribution >= 4 is 5.57 Å². The lowest BCUT2D eigenvalue weighted by atomic mass is 9.84. The normalized spacial score (nSPS) is 21.2. The van der Waals surface area contributed by atoms with Crippen LogP contribution in [0.4, 0.5) is 0 Å². The second-order valence-electron chi connectivity index (χ2n) is 7.07. The molecule has 0 radical (unpaired) electrons. The molecule has 1 N–H and O–H groups in total. The van der Waals surface area contributed by atoms with Gasteiger partial charge in [0.25, 0.3) is 0 Å². The van der Waals surface area contributed by atoms with Crippen LogP contribution in [0.3, 0.4) is 0 Å². The Kier molecular flexibility index (Phi) is 4.22. The third kappa shape index (κ3) is 2.28. The van der Waals surface area contributed by atoms with Crippen molar-refractivity contribution in [3.05, 3.63) is 52.4 Å². The molecule has 1 aromatic rings. The van der Waals surface area contributed by atoms with Crippen LogP contribution in [-0.2, 0) is 4.84 Å². The molecule has 1 aromatic carbocycles. The fourth-order valence-electron chi connectivity index (χ4n) is 4.16. The first kappa shape index (κ1) is 17.1. The first-order valence-corrected chi connectivity index (χ1v) is 8.56. The Labute approximate surface area is 145 Å². The van der Waals surface area contributed by atoms with Crippen LogP contribution >= 0.6 is 0 Å². The number of aliphatic hydroxyl groups excluding tert-OH is 1. The van der Waals surface area contributed by atoms with E-state index in [-0.39, 0.29) is 5.54 Å². The zero-order valence-corrected chi connectivity index (χ0v) is 15.4. The van der Waals surface area contributed by atoms with Crippen LogP contribution in [0.25, 0.3) is 5.57 Å². The number of allylic oxidation sites excluding steroid dienone is 1. The highest BCUT2D eigenvalue weighted by Crippen LogP contribution is 2.49. The van der Waals surface area contributed by atoms with Crippen LogP contribution in [0.15, 0.2) is 30.2 Å². The first-order chi connectivity index (χ1) is 11.3. The fourth-order valence-corrected chi connectivity index (χ4v) is 4.16. The van der Waals surface area contributed by atoms with Crippen LogP contribution in [0.5, 0.6) is 0 Å². The lowest BCUT2D eigenvalue weighted by Gasteiger charge is -2.43. The second kappa shape index (κ2) is 5.94. The fraction of sp³-hybridized carbons (Fsp3) is 0.500. The molecule has 4 nitrogen and oxygen atoms in total. The number of hydrogen-bond acceptors (Lipinski definition) is 4. The lowest BCUT2D eigenvalue weighted by Crippen LogP contribution is -2.51. The SMILES string of the molecule is C=C1C(c2c(C)ccc(C)c2C)=C(O)C2(CCN(OC)CC2)N1C. The van der Waals surface area contributed by atoms with Gasteiger partial charge in [-0.15, -0.1) is 0 Å². The number of aryl methyl sites for hydroxylation is 2. The molecule has 0 aromatic heterocycles. The summed E-state index contributed by atoms with van der Waals surface area (Å²) in [7, 11) is 3.75. The Morgan fingerprint density at radius 3 is 2.29 bits per heavy atom. The monoisotopic (exact) mass is 328 g/mol. The van der Waals surface area contributed by atoms with Gasteiger partial charge < -0.3 is 14.8 Å². The van der Waals surface area contributed by atoms with Gasteiger partial charge in [-0.3, -0.25) is 0 Å². The molecule has 2 heterocycles. The largest absolute Gasteiger partial charge is 0.509 e. The van der Waals surface area contributed by atoms with E-state index in [1.165, 1.54) is 16.7 Å². The van der Waals surface area contributed by atoms with Gasteiger partial charge in [-0.2, -0.15) is 5.06 Å². The highest BCUT2D eigenvalue weighted by atomic mass is 16.7. The molecule has 3 rings (SSSR count). The number of hydroxylamine groups is 2. The predicted molar refractivity (Wildman–Crippen MR) is 97.7 cm³/mol. The van der Waals surface area contributed by atoms with Crippen LogP contribution < -0.4 is 0 Å². The molecule has 0 atom stereocenters. The lowest BCUT2D eigenvalue weighted by molar-refractivity contribution is -0.157. The summed E-state index contributed by atoms with van der Waals surface area (Å²) in [5, 5.41) is 13.2. The molecule has 0 aliphatic carbocycles. The molecule has 1 fully saturated rings. The molecule has 2 aliphatic rings. The van der Waals surface area contributed by atoms with Gasteiger partial charge >= 0.3 is 0 Å². The summed E-state index contributed by atoms with van der Waals surface area (Å²) in [6.45, 7) is 12.3. The van der Waals surface area contributed by atoms with Gasteiger partial charge in [-0.1, -0.05) is 18.7 Å². The maximum absolute atomic E-state index is 11.3. The van der Waals surface area contributed by atoms with Crippen molar-refractivity contribution in [2.45, 2.75) is 39.2 Å². The number of rotatable bonds is 2. The molecule has 130 valence electrons. The van der Waals surface area contributed by atoms with Crippen molar-refractivity contribution in [2.24, 2.45) is 0 Å². The average molecular weight is 328 g/mol. The van der Waals surface area contributed by atoms with Crippen molar-refractivity contribution < 1.29 is 9.94 Å². The van der Waals surface area contributed by atoms with Gasteiger partial charge in [0, 0.05) is 31.4 Å². The molecular weight excluding hydrogens is 300 g/mol. The van der Waals surface area contributed by atoms with Crippen molar-refractivity contribution in [3.63, 3.8) is 0 Å². The van der Waals surface area contributed by atoms with Gasteiger partial charge in [-0.25, -0.2) is 0 Å². The summed E-state index contributed by atoms with van der Waals surface area (Å²) in [6, 6.07) is 4.27. The van der Waals surface area contributed by atoms with Crippen LogP contribution in [0.2, 0.25) is 0 Å². The number of piperidine rings is 1. The molecule has 0 saturated carbocycles. The molecule has 0 bridgehead atoms. The Hall–Kier alpha value is -1.78. The molecule has 0 amide bonds. The summed E-state index contributed by atoms with van der Waals surface area (Å²) < 4.78 is 0. The van der Waals surface area contributed by atoms with Crippen molar-refractivity contribution in [3.8, 4) is 0 Å². The summed E-state index contributed by atoms with van der Waals surface area (Å²) in [5.41, 5.74) is 6.25. The maximum Gasteiger partial charge on any atom is 0.128 e. The van der Waals surface area contributed by atoms with Gasteiger partial charge in [0.2, 0.25) is 0 Å². The quantitative estimate of drug-likeness (QED) is 0.897. The van der Waals surface area contributed by atoms with E-state index in [4.69, 9.17) is 4.84 Å². The van der Waals surface area contributed by atoms with E-state index < -0.39 is 0 Å². The Morgan fingerprint density at radius 2 is 1.71 bits per heavy atom. The van der Waals surface area contributed by atoms with E-state index in [9.17, 15) is 5.11 Å². The van der Waals surface area contributed by atoms with E-state index >= 15 is 0 Å².